The second-order valence-corrected chi connectivity index (χ2v) is 13.0. The van der Waals surface area contributed by atoms with Gasteiger partial charge in [-0.05, 0) is 42.3 Å². The highest BCUT2D eigenvalue weighted by atomic mass is 35.5. The molecule has 1 aliphatic rings. The molecule has 0 spiro atoms. The first-order chi connectivity index (χ1) is 18.9. The minimum Gasteiger partial charge on any atom is -0.355 e. The second kappa shape index (κ2) is 12.3. The van der Waals surface area contributed by atoms with E-state index in [9.17, 15) is 18.5 Å². The van der Waals surface area contributed by atoms with Crippen LogP contribution in [0.4, 0.5) is 11.4 Å². The molecule has 1 heterocycles. The molecule has 0 radical (unpaired) electrons. The standard InChI is InChI=1S/C27H29ClN6O4S2/c1-18-13-25(40(37,38)33-26-29-16-27(2,3)17-30-26)24(14-22(18)28)39-15-23(19-7-5-4-6-8-19)32-31-20-9-11-21(12-10-20)34(35)36/h4-14,31H,15-17H2,1-3H3,(H2,29,30,33)/b32-23-. The van der Waals surface area contributed by atoms with E-state index < -0.39 is 14.9 Å². The molecule has 0 amide bonds. The summed E-state index contributed by atoms with van der Waals surface area (Å²) in [4.78, 5) is 15.4. The van der Waals surface area contributed by atoms with E-state index in [4.69, 9.17) is 11.6 Å². The maximum atomic E-state index is 13.5. The summed E-state index contributed by atoms with van der Waals surface area (Å²) in [7, 11) is -3.98. The average molecular weight is 601 g/mol. The van der Waals surface area contributed by atoms with Crippen LogP contribution in [0.5, 0.6) is 0 Å². The Bertz CT molecular complexity index is 1560. The van der Waals surface area contributed by atoms with Gasteiger partial charge < -0.3 is 5.32 Å². The number of sulfonamides is 1. The van der Waals surface area contributed by atoms with Crippen LogP contribution in [0.15, 0.2) is 86.6 Å². The van der Waals surface area contributed by atoms with Crippen molar-refractivity contribution in [3.05, 3.63) is 93.0 Å². The van der Waals surface area contributed by atoms with E-state index in [0.717, 1.165) is 5.56 Å². The Balaban J connectivity index is 1.60. The molecule has 0 saturated carbocycles. The first-order valence-electron chi connectivity index (χ1n) is 12.3. The van der Waals surface area contributed by atoms with Crippen LogP contribution in [0.2, 0.25) is 5.02 Å². The third-order valence-corrected chi connectivity index (χ3v) is 9.00. The van der Waals surface area contributed by atoms with Gasteiger partial charge in [0.05, 0.1) is 16.3 Å². The number of nitro benzene ring substituents is 1. The van der Waals surface area contributed by atoms with Gasteiger partial charge >= 0.3 is 0 Å². The molecule has 0 bridgehead atoms. The van der Waals surface area contributed by atoms with Gasteiger partial charge in [-0.15, -0.1) is 11.8 Å². The number of thioether (sulfide) groups is 1. The lowest BCUT2D eigenvalue weighted by molar-refractivity contribution is -0.384. The number of aryl methyl sites for hydroxylation is 1. The number of nitrogens with one attached hydrogen (secondary N) is 3. The van der Waals surface area contributed by atoms with Gasteiger partial charge in [0.25, 0.3) is 15.7 Å². The van der Waals surface area contributed by atoms with Crippen molar-refractivity contribution in [3.8, 4) is 0 Å². The number of non-ortho nitro benzene ring substituents is 1. The van der Waals surface area contributed by atoms with Crippen LogP contribution in [-0.4, -0.2) is 43.9 Å². The summed E-state index contributed by atoms with van der Waals surface area (Å²) in [6.45, 7) is 6.94. The zero-order valence-corrected chi connectivity index (χ0v) is 24.5. The number of nitro groups is 1. The summed E-state index contributed by atoms with van der Waals surface area (Å²) >= 11 is 7.69. The van der Waals surface area contributed by atoms with Crippen molar-refractivity contribution >= 4 is 56.4 Å². The van der Waals surface area contributed by atoms with Crippen molar-refractivity contribution in [2.24, 2.45) is 15.5 Å². The van der Waals surface area contributed by atoms with Crippen LogP contribution < -0.4 is 15.5 Å². The maximum Gasteiger partial charge on any atom is 0.269 e. The van der Waals surface area contributed by atoms with Crippen molar-refractivity contribution in [2.45, 2.75) is 30.6 Å². The Hall–Kier alpha value is -3.61. The van der Waals surface area contributed by atoms with E-state index in [1.165, 1.54) is 23.9 Å². The number of hydrogen-bond donors (Lipinski definition) is 3. The smallest absolute Gasteiger partial charge is 0.269 e. The van der Waals surface area contributed by atoms with Crippen molar-refractivity contribution in [1.29, 1.82) is 0 Å². The fraction of sp³-hybridized carbons (Fsp3) is 0.259. The second-order valence-electron chi connectivity index (χ2n) is 9.97. The lowest BCUT2D eigenvalue weighted by Gasteiger charge is -2.29. The predicted octanol–water partition coefficient (Wildman–Crippen LogP) is 5.43. The highest BCUT2D eigenvalue weighted by Crippen LogP contribution is 2.33. The summed E-state index contributed by atoms with van der Waals surface area (Å²) < 4.78 is 29.5. The van der Waals surface area contributed by atoms with E-state index in [1.807, 2.05) is 30.3 Å². The largest absolute Gasteiger partial charge is 0.355 e. The summed E-state index contributed by atoms with van der Waals surface area (Å²) in [5.41, 5.74) is 5.51. The molecule has 3 N–H and O–H groups in total. The van der Waals surface area contributed by atoms with Crippen molar-refractivity contribution < 1.29 is 13.3 Å². The van der Waals surface area contributed by atoms with Gasteiger partial charge in [-0.2, -0.15) is 5.10 Å². The number of halogens is 1. The van der Waals surface area contributed by atoms with Gasteiger partial charge in [0.2, 0.25) is 5.96 Å². The molecule has 10 nitrogen and oxygen atoms in total. The lowest BCUT2D eigenvalue weighted by Crippen LogP contribution is -2.49. The minimum atomic E-state index is -3.98. The minimum absolute atomic E-state index is 0.0231. The van der Waals surface area contributed by atoms with Crippen LogP contribution in [0, 0.1) is 22.5 Å². The van der Waals surface area contributed by atoms with Gasteiger partial charge in [0, 0.05) is 46.3 Å². The molecular formula is C27H29ClN6O4S2. The molecule has 40 heavy (non-hydrogen) atoms. The zero-order valence-electron chi connectivity index (χ0n) is 22.1. The number of guanidine groups is 1. The van der Waals surface area contributed by atoms with Crippen LogP contribution in [0.1, 0.15) is 25.0 Å². The summed E-state index contributed by atoms with van der Waals surface area (Å²) in [5.74, 6) is 0.515. The molecule has 13 heteroatoms. The molecule has 0 fully saturated rings. The van der Waals surface area contributed by atoms with E-state index in [0.29, 0.717) is 45.7 Å². The normalized spacial score (nSPS) is 15.1. The Labute approximate surface area is 242 Å². The molecule has 0 saturated heterocycles. The average Bonchev–Trinajstić information content (AvgIpc) is 2.92. The quantitative estimate of drug-likeness (QED) is 0.129. The molecule has 3 aromatic carbocycles. The Kier molecular flexibility index (Phi) is 9.02. The number of hydrazone groups is 1. The first-order valence-corrected chi connectivity index (χ1v) is 15.1. The molecule has 0 atom stereocenters. The number of anilines is 1. The highest BCUT2D eigenvalue weighted by Gasteiger charge is 2.27. The zero-order chi connectivity index (χ0) is 28.9. The Morgan fingerprint density at radius 2 is 1.88 bits per heavy atom. The number of hydrogen-bond acceptors (Lipinski definition) is 9. The molecule has 3 aromatic rings. The maximum absolute atomic E-state index is 13.5. The molecule has 0 unspecified atom stereocenters. The first kappa shape index (κ1) is 29.4. The van der Waals surface area contributed by atoms with Crippen molar-refractivity contribution in [1.82, 2.24) is 10.0 Å². The van der Waals surface area contributed by atoms with E-state index in [2.05, 4.69) is 39.4 Å². The molecular weight excluding hydrogens is 572 g/mol. The molecule has 0 aliphatic carbocycles. The van der Waals surface area contributed by atoms with Gasteiger partial charge in [-0.3, -0.25) is 20.5 Å². The van der Waals surface area contributed by atoms with Gasteiger partial charge in [-0.25, -0.2) is 13.1 Å². The monoisotopic (exact) mass is 600 g/mol. The summed E-state index contributed by atoms with van der Waals surface area (Å²) in [6.07, 6.45) is 0. The van der Waals surface area contributed by atoms with E-state index in [-0.39, 0.29) is 22.0 Å². The molecule has 4 rings (SSSR count). The topological polar surface area (TPSA) is 138 Å². The number of benzene rings is 3. The van der Waals surface area contributed by atoms with Crippen molar-refractivity contribution in [3.63, 3.8) is 0 Å². The van der Waals surface area contributed by atoms with Crippen LogP contribution in [0.3, 0.4) is 0 Å². The third kappa shape index (κ3) is 7.52. The van der Waals surface area contributed by atoms with E-state index in [1.54, 1.807) is 31.2 Å². The van der Waals surface area contributed by atoms with Gasteiger partial charge in [0.1, 0.15) is 4.90 Å². The number of aliphatic imine (C=N–C) groups is 1. The summed E-state index contributed by atoms with van der Waals surface area (Å²) in [6, 6.07) is 18.5. The van der Waals surface area contributed by atoms with Crippen LogP contribution in [-0.2, 0) is 10.0 Å². The fourth-order valence-electron chi connectivity index (χ4n) is 3.68. The molecule has 1 aliphatic heterocycles. The van der Waals surface area contributed by atoms with Crippen LogP contribution >= 0.6 is 23.4 Å². The third-order valence-electron chi connectivity index (χ3n) is 6.01. The van der Waals surface area contributed by atoms with Crippen LogP contribution in [0.25, 0.3) is 0 Å². The molecule has 210 valence electrons. The predicted molar refractivity (Wildman–Crippen MR) is 161 cm³/mol. The highest BCUT2D eigenvalue weighted by molar-refractivity contribution is 8.00. The number of nitrogens with zero attached hydrogens (tertiary/aromatic N) is 3. The van der Waals surface area contributed by atoms with E-state index >= 15 is 0 Å². The summed E-state index contributed by atoms with van der Waals surface area (Å²) in [5, 5.41) is 19.0. The Morgan fingerprint density at radius 1 is 1.18 bits per heavy atom. The SMILES string of the molecule is Cc1cc(S(=O)(=O)NC2=NCC(C)(C)CN2)c(SC/C(=N/Nc2ccc([N+](=O)[O-])cc2)c2ccccc2)cc1Cl. The fourth-order valence-corrected chi connectivity index (χ4v) is 6.50. The van der Waals surface area contributed by atoms with Gasteiger partial charge in [0.15, 0.2) is 0 Å². The number of rotatable bonds is 9. The Morgan fingerprint density at radius 3 is 2.50 bits per heavy atom. The lowest BCUT2D eigenvalue weighted by atomic mass is 9.93. The van der Waals surface area contributed by atoms with Crippen molar-refractivity contribution in [2.75, 3.05) is 24.3 Å². The van der Waals surface area contributed by atoms with Gasteiger partial charge in [-0.1, -0.05) is 55.8 Å². The molecule has 0 aromatic heterocycles.